The molecule has 0 fully saturated rings. The predicted molar refractivity (Wildman–Crippen MR) is 63.2 cm³/mol. The molecule has 0 atom stereocenters. The van der Waals surface area contributed by atoms with Gasteiger partial charge in [0.15, 0.2) is 0 Å². The minimum absolute atomic E-state index is 0.0290. The molecule has 7 heteroatoms. The van der Waals surface area contributed by atoms with E-state index in [9.17, 15) is 14.9 Å². The molecule has 0 aliphatic rings. The first-order valence-corrected chi connectivity index (χ1v) is 5.48. The summed E-state index contributed by atoms with van der Waals surface area (Å²) in [6.07, 6.45) is 1.28. The summed E-state index contributed by atoms with van der Waals surface area (Å²) in [5.41, 5.74) is -0.468. The van der Waals surface area contributed by atoms with Crippen molar-refractivity contribution in [2.45, 2.75) is 13.8 Å². The minimum Gasteiger partial charge on any atom is -0.339 e. The van der Waals surface area contributed by atoms with Crippen LogP contribution in [0.25, 0.3) is 0 Å². The number of nitrogens with zero attached hydrogens (tertiary/aromatic N) is 3. The van der Waals surface area contributed by atoms with Gasteiger partial charge in [-0.1, -0.05) is 11.6 Å². The van der Waals surface area contributed by atoms with Gasteiger partial charge in [-0.3, -0.25) is 14.9 Å². The van der Waals surface area contributed by atoms with Crippen LogP contribution in [-0.4, -0.2) is 33.8 Å². The van der Waals surface area contributed by atoms with Crippen LogP contribution in [0.5, 0.6) is 0 Å². The number of pyridine rings is 1. The molecule has 1 rings (SSSR count). The Morgan fingerprint density at radius 1 is 1.53 bits per heavy atom. The van der Waals surface area contributed by atoms with Gasteiger partial charge >= 0.3 is 5.69 Å². The number of carbonyl (C=O) groups excluding carboxylic acids is 1. The molecular formula is C10H12ClN3O3. The highest BCUT2D eigenvalue weighted by molar-refractivity contribution is 6.32. The van der Waals surface area contributed by atoms with Crippen LogP contribution in [-0.2, 0) is 0 Å². The van der Waals surface area contributed by atoms with Gasteiger partial charge < -0.3 is 4.90 Å². The van der Waals surface area contributed by atoms with Crippen molar-refractivity contribution in [3.63, 3.8) is 0 Å². The zero-order chi connectivity index (χ0) is 13.0. The molecule has 0 radical (unpaired) electrons. The first kappa shape index (κ1) is 13.4. The Bertz CT molecular complexity index is 446. The first-order valence-electron chi connectivity index (χ1n) is 5.11. The summed E-state index contributed by atoms with van der Waals surface area (Å²) in [6.45, 7) is 4.56. The highest BCUT2D eigenvalue weighted by Crippen LogP contribution is 2.26. The molecule has 92 valence electrons. The van der Waals surface area contributed by atoms with E-state index >= 15 is 0 Å². The predicted octanol–water partition coefficient (Wildman–Crippen LogP) is 2.13. The summed E-state index contributed by atoms with van der Waals surface area (Å²) < 4.78 is 0. The SMILES string of the molecule is CCN(CC)C(=O)c1ccnc(Cl)c1[N+](=O)[O-]. The van der Waals surface area contributed by atoms with Crippen molar-refractivity contribution >= 4 is 23.2 Å². The van der Waals surface area contributed by atoms with E-state index in [-0.39, 0.29) is 10.7 Å². The lowest BCUT2D eigenvalue weighted by molar-refractivity contribution is -0.385. The Balaban J connectivity index is 3.26. The Morgan fingerprint density at radius 2 is 2.12 bits per heavy atom. The van der Waals surface area contributed by atoms with Crippen LogP contribution >= 0.6 is 11.6 Å². The molecule has 0 unspecified atom stereocenters. The number of carbonyl (C=O) groups is 1. The third-order valence-corrected chi connectivity index (χ3v) is 2.62. The van der Waals surface area contributed by atoms with Gasteiger partial charge in [-0.05, 0) is 19.9 Å². The zero-order valence-electron chi connectivity index (χ0n) is 9.51. The monoisotopic (exact) mass is 257 g/mol. The summed E-state index contributed by atoms with van der Waals surface area (Å²) in [7, 11) is 0. The molecule has 0 bridgehead atoms. The van der Waals surface area contributed by atoms with Crippen molar-refractivity contribution in [2.75, 3.05) is 13.1 Å². The number of rotatable bonds is 4. The molecule has 0 aliphatic carbocycles. The van der Waals surface area contributed by atoms with E-state index in [0.717, 1.165) is 0 Å². The highest BCUT2D eigenvalue weighted by atomic mass is 35.5. The molecule has 1 aromatic heterocycles. The maximum atomic E-state index is 12.0. The zero-order valence-corrected chi connectivity index (χ0v) is 10.3. The number of hydrogen-bond acceptors (Lipinski definition) is 4. The molecule has 0 aliphatic heterocycles. The van der Waals surface area contributed by atoms with Crippen molar-refractivity contribution < 1.29 is 9.72 Å². The van der Waals surface area contributed by atoms with Crippen molar-refractivity contribution in [3.8, 4) is 0 Å². The van der Waals surface area contributed by atoms with Crippen molar-refractivity contribution in [2.24, 2.45) is 0 Å². The van der Waals surface area contributed by atoms with E-state index in [1.54, 1.807) is 13.8 Å². The van der Waals surface area contributed by atoms with E-state index in [1.165, 1.54) is 17.2 Å². The first-order chi connectivity index (χ1) is 8.02. The van der Waals surface area contributed by atoms with Crippen LogP contribution < -0.4 is 0 Å². The minimum atomic E-state index is -0.688. The smallest absolute Gasteiger partial charge is 0.319 e. The number of nitro groups is 1. The molecule has 0 saturated carbocycles. The second-order valence-electron chi connectivity index (χ2n) is 3.23. The van der Waals surface area contributed by atoms with Crippen molar-refractivity contribution in [1.29, 1.82) is 0 Å². The third-order valence-electron chi connectivity index (χ3n) is 2.34. The van der Waals surface area contributed by atoms with Crippen LogP contribution in [0.2, 0.25) is 5.15 Å². The number of amides is 1. The average molecular weight is 258 g/mol. The van der Waals surface area contributed by atoms with E-state index < -0.39 is 16.5 Å². The van der Waals surface area contributed by atoms with Crippen molar-refractivity contribution in [1.82, 2.24) is 9.88 Å². The van der Waals surface area contributed by atoms with Gasteiger partial charge in [-0.2, -0.15) is 0 Å². The van der Waals surface area contributed by atoms with E-state index in [0.29, 0.717) is 13.1 Å². The molecule has 1 aromatic rings. The van der Waals surface area contributed by atoms with Crippen LogP contribution in [0.1, 0.15) is 24.2 Å². The Kier molecular flexibility index (Phi) is 4.39. The van der Waals surface area contributed by atoms with Gasteiger partial charge in [0.1, 0.15) is 5.56 Å². The Hall–Kier alpha value is -1.69. The Labute approximate surface area is 103 Å². The number of hydrogen-bond donors (Lipinski definition) is 0. The molecule has 0 saturated heterocycles. The summed E-state index contributed by atoms with van der Waals surface area (Å²) in [4.78, 5) is 27.3. The normalized spacial score (nSPS) is 10.1. The molecule has 1 amide bonds. The largest absolute Gasteiger partial charge is 0.339 e. The molecule has 1 heterocycles. The van der Waals surface area contributed by atoms with Crippen molar-refractivity contribution in [3.05, 3.63) is 33.1 Å². The van der Waals surface area contributed by atoms with Gasteiger partial charge in [-0.15, -0.1) is 0 Å². The summed E-state index contributed by atoms with van der Waals surface area (Å²) in [5.74, 6) is -0.411. The fourth-order valence-electron chi connectivity index (χ4n) is 1.46. The summed E-state index contributed by atoms with van der Waals surface area (Å²) >= 11 is 5.64. The van der Waals surface area contributed by atoms with Gasteiger partial charge in [0.2, 0.25) is 5.15 Å². The third kappa shape index (κ3) is 2.71. The topological polar surface area (TPSA) is 76.3 Å². The lowest BCUT2D eigenvalue weighted by Gasteiger charge is -2.18. The Morgan fingerprint density at radius 3 is 2.59 bits per heavy atom. The molecule has 0 N–H and O–H groups in total. The maximum absolute atomic E-state index is 12.0. The van der Waals surface area contributed by atoms with Gasteiger partial charge in [-0.25, -0.2) is 4.98 Å². The second-order valence-corrected chi connectivity index (χ2v) is 3.59. The molecular weight excluding hydrogens is 246 g/mol. The molecule has 0 aromatic carbocycles. The average Bonchev–Trinajstić information content (AvgIpc) is 2.29. The van der Waals surface area contributed by atoms with E-state index in [1.807, 2.05) is 0 Å². The lowest BCUT2D eigenvalue weighted by Crippen LogP contribution is -2.31. The van der Waals surface area contributed by atoms with Crippen LogP contribution in [0.3, 0.4) is 0 Å². The standard InChI is InChI=1S/C10H12ClN3O3/c1-3-13(4-2)10(15)7-5-6-12-9(11)8(7)14(16)17/h5-6H,3-4H2,1-2H3. The van der Waals surface area contributed by atoms with Crippen LogP contribution in [0.4, 0.5) is 5.69 Å². The fraction of sp³-hybridized carbons (Fsp3) is 0.400. The lowest BCUT2D eigenvalue weighted by atomic mass is 10.2. The number of halogens is 1. The van der Waals surface area contributed by atoms with Gasteiger partial charge in [0, 0.05) is 19.3 Å². The van der Waals surface area contributed by atoms with Crippen LogP contribution in [0.15, 0.2) is 12.3 Å². The molecule has 6 nitrogen and oxygen atoms in total. The quantitative estimate of drug-likeness (QED) is 0.470. The van der Waals surface area contributed by atoms with E-state index in [2.05, 4.69) is 4.98 Å². The molecule has 0 spiro atoms. The fourth-order valence-corrected chi connectivity index (χ4v) is 1.68. The summed E-state index contributed by atoms with van der Waals surface area (Å²) in [6, 6.07) is 1.31. The van der Waals surface area contributed by atoms with Gasteiger partial charge in [0.05, 0.1) is 4.92 Å². The highest BCUT2D eigenvalue weighted by Gasteiger charge is 2.26. The van der Waals surface area contributed by atoms with E-state index in [4.69, 9.17) is 11.6 Å². The van der Waals surface area contributed by atoms with Crippen LogP contribution in [0, 0.1) is 10.1 Å². The summed E-state index contributed by atoms with van der Waals surface area (Å²) in [5, 5.41) is 10.6. The molecule has 17 heavy (non-hydrogen) atoms. The maximum Gasteiger partial charge on any atom is 0.319 e. The number of aromatic nitrogens is 1. The second kappa shape index (κ2) is 5.58. The van der Waals surface area contributed by atoms with Gasteiger partial charge in [0.25, 0.3) is 5.91 Å².